The summed E-state index contributed by atoms with van der Waals surface area (Å²) in [7, 11) is 0. The zero-order valence-electron chi connectivity index (χ0n) is 18.3. The quantitative estimate of drug-likeness (QED) is 0.518. The minimum absolute atomic E-state index is 0.122. The van der Waals surface area contributed by atoms with Crippen molar-refractivity contribution in [1.29, 1.82) is 0 Å². The number of nitrogens with one attached hydrogen (secondary N) is 1. The van der Waals surface area contributed by atoms with E-state index >= 15 is 0 Å². The van der Waals surface area contributed by atoms with Crippen molar-refractivity contribution in [3.63, 3.8) is 0 Å². The molecular formula is C23H31N3O6. The molecule has 4 rings (SSSR count). The number of morpholine rings is 1. The van der Waals surface area contributed by atoms with Gasteiger partial charge in [0, 0.05) is 50.8 Å². The Bertz CT molecular complexity index is 869. The van der Waals surface area contributed by atoms with Gasteiger partial charge in [-0.05, 0) is 12.1 Å². The van der Waals surface area contributed by atoms with Crippen molar-refractivity contribution in [2.24, 2.45) is 0 Å². The molecule has 174 valence electrons. The minimum atomic E-state index is -0.990. The molecule has 9 heteroatoms. The molecule has 0 aromatic heterocycles. The number of hydrogen-bond donors (Lipinski definition) is 3. The molecule has 3 N–H and O–H groups in total. The van der Waals surface area contributed by atoms with Crippen molar-refractivity contribution < 1.29 is 29.3 Å². The standard InChI is InChI=1S/C23H31N3O6/c1-15(28)26(8-7-25-9-12-31-13-10-25)18-14-17(23(30)24-6-11-27)20-16-4-2-3-5-19(16)32-22(20)21(18)29/h2-5,14,18,20-22,27,29H,6-13H2,1H3,(H,24,30)/t18-,20+,21+,22+/m1/s1. The Hall–Kier alpha value is -2.46. The molecule has 2 amide bonds. The zero-order valence-corrected chi connectivity index (χ0v) is 18.3. The van der Waals surface area contributed by atoms with E-state index in [0.717, 1.165) is 18.7 Å². The molecule has 1 aromatic carbocycles. The van der Waals surface area contributed by atoms with E-state index in [0.29, 0.717) is 37.6 Å². The predicted molar refractivity (Wildman–Crippen MR) is 116 cm³/mol. The molecule has 0 saturated carbocycles. The lowest BCUT2D eigenvalue weighted by molar-refractivity contribution is -0.135. The lowest BCUT2D eigenvalue weighted by Crippen LogP contribution is -2.56. The Labute approximate surface area is 187 Å². The summed E-state index contributed by atoms with van der Waals surface area (Å²) in [6.07, 6.45) is 0.0305. The van der Waals surface area contributed by atoms with Gasteiger partial charge < -0.3 is 29.9 Å². The number of carbonyl (C=O) groups is 2. The number of nitrogens with zero attached hydrogens (tertiary/aromatic N) is 2. The van der Waals surface area contributed by atoms with Crippen LogP contribution in [0.15, 0.2) is 35.9 Å². The van der Waals surface area contributed by atoms with Crippen LogP contribution in [-0.2, 0) is 14.3 Å². The first-order chi connectivity index (χ1) is 15.5. The summed E-state index contributed by atoms with van der Waals surface area (Å²) in [5.74, 6) is -0.319. The van der Waals surface area contributed by atoms with Crippen LogP contribution >= 0.6 is 0 Å². The van der Waals surface area contributed by atoms with Gasteiger partial charge in [0.25, 0.3) is 0 Å². The molecule has 0 unspecified atom stereocenters. The van der Waals surface area contributed by atoms with Gasteiger partial charge in [0.15, 0.2) is 0 Å². The van der Waals surface area contributed by atoms with E-state index in [2.05, 4.69) is 10.2 Å². The molecule has 1 fully saturated rings. The first-order valence-corrected chi connectivity index (χ1v) is 11.1. The topological polar surface area (TPSA) is 112 Å². The summed E-state index contributed by atoms with van der Waals surface area (Å²) < 4.78 is 11.5. The molecule has 9 nitrogen and oxygen atoms in total. The number of amides is 2. The van der Waals surface area contributed by atoms with E-state index in [1.54, 1.807) is 11.0 Å². The Morgan fingerprint density at radius 1 is 1.25 bits per heavy atom. The SMILES string of the molecule is CC(=O)N(CCN1CCOCC1)[C@@H]1C=C(C(=O)NCCO)[C@@H]2c3ccccc3O[C@@H]2[C@H]1O. The summed E-state index contributed by atoms with van der Waals surface area (Å²) in [4.78, 5) is 29.4. The van der Waals surface area contributed by atoms with Crippen LogP contribution in [0.1, 0.15) is 18.4 Å². The average Bonchev–Trinajstić information content (AvgIpc) is 3.19. The summed E-state index contributed by atoms with van der Waals surface area (Å²) in [5, 5.41) is 23.1. The lowest BCUT2D eigenvalue weighted by atomic mass is 9.77. The van der Waals surface area contributed by atoms with Crippen LogP contribution in [0.4, 0.5) is 0 Å². The molecule has 4 atom stereocenters. The Balaban J connectivity index is 1.62. The largest absolute Gasteiger partial charge is 0.486 e. The van der Waals surface area contributed by atoms with Crippen LogP contribution in [0.5, 0.6) is 5.75 Å². The van der Waals surface area contributed by atoms with Crippen LogP contribution in [0.2, 0.25) is 0 Å². The third-order valence-electron chi connectivity index (χ3n) is 6.40. The summed E-state index contributed by atoms with van der Waals surface area (Å²) in [6, 6.07) is 6.73. The number of aliphatic hydroxyl groups is 2. The van der Waals surface area contributed by atoms with Gasteiger partial charge in [-0.3, -0.25) is 14.5 Å². The number of para-hydroxylation sites is 1. The van der Waals surface area contributed by atoms with Gasteiger partial charge in [0.05, 0.1) is 31.8 Å². The highest BCUT2D eigenvalue weighted by Crippen LogP contribution is 2.47. The molecular weight excluding hydrogens is 414 g/mol. The highest BCUT2D eigenvalue weighted by molar-refractivity contribution is 5.96. The maximum Gasteiger partial charge on any atom is 0.247 e. The second kappa shape index (κ2) is 9.99. The van der Waals surface area contributed by atoms with Gasteiger partial charge >= 0.3 is 0 Å². The smallest absolute Gasteiger partial charge is 0.247 e. The monoisotopic (exact) mass is 445 g/mol. The molecule has 2 aliphatic heterocycles. The van der Waals surface area contributed by atoms with Gasteiger partial charge in [0.2, 0.25) is 11.8 Å². The molecule has 2 heterocycles. The van der Waals surface area contributed by atoms with E-state index in [4.69, 9.17) is 14.6 Å². The van der Waals surface area contributed by atoms with Crippen molar-refractivity contribution in [3.05, 3.63) is 41.5 Å². The summed E-state index contributed by atoms with van der Waals surface area (Å²) in [5.41, 5.74) is 1.28. The fourth-order valence-electron chi connectivity index (χ4n) is 4.78. The maximum atomic E-state index is 13.0. The van der Waals surface area contributed by atoms with Gasteiger partial charge in [-0.2, -0.15) is 0 Å². The molecule has 0 radical (unpaired) electrons. The first kappa shape index (κ1) is 22.7. The molecule has 1 saturated heterocycles. The molecule has 1 aromatic rings. The number of aliphatic hydroxyl groups excluding tert-OH is 2. The molecule has 1 aliphatic carbocycles. The molecule has 0 spiro atoms. The Morgan fingerprint density at radius 3 is 2.72 bits per heavy atom. The highest BCUT2D eigenvalue weighted by Gasteiger charge is 2.50. The van der Waals surface area contributed by atoms with Gasteiger partial charge in [0.1, 0.15) is 18.0 Å². The van der Waals surface area contributed by atoms with Crippen LogP contribution in [0.25, 0.3) is 0 Å². The zero-order chi connectivity index (χ0) is 22.7. The second-order valence-electron chi connectivity index (χ2n) is 8.35. The maximum absolute atomic E-state index is 13.0. The van der Waals surface area contributed by atoms with Crippen molar-refractivity contribution in [3.8, 4) is 5.75 Å². The molecule has 0 bridgehead atoms. The van der Waals surface area contributed by atoms with Crippen LogP contribution < -0.4 is 10.1 Å². The number of rotatable bonds is 7. The summed E-state index contributed by atoms with van der Waals surface area (Å²) >= 11 is 0. The van der Waals surface area contributed by atoms with Gasteiger partial charge in [-0.25, -0.2) is 0 Å². The average molecular weight is 446 g/mol. The van der Waals surface area contributed by atoms with Crippen LogP contribution in [-0.4, -0.2) is 103 Å². The van der Waals surface area contributed by atoms with Crippen molar-refractivity contribution in [1.82, 2.24) is 15.1 Å². The lowest BCUT2D eigenvalue weighted by Gasteiger charge is -2.41. The fourth-order valence-corrected chi connectivity index (χ4v) is 4.78. The second-order valence-corrected chi connectivity index (χ2v) is 8.35. The fraction of sp³-hybridized carbons (Fsp3) is 0.565. The Morgan fingerprint density at radius 2 is 2.00 bits per heavy atom. The van der Waals surface area contributed by atoms with E-state index in [9.17, 15) is 14.7 Å². The number of carbonyl (C=O) groups excluding carboxylic acids is 2. The van der Waals surface area contributed by atoms with E-state index in [1.165, 1.54) is 6.92 Å². The van der Waals surface area contributed by atoms with E-state index < -0.39 is 24.2 Å². The van der Waals surface area contributed by atoms with Crippen LogP contribution in [0.3, 0.4) is 0 Å². The number of ether oxygens (including phenoxy) is 2. The third-order valence-corrected chi connectivity index (χ3v) is 6.40. The first-order valence-electron chi connectivity index (χ1n) is 11.1. The number of fused-ring (bicyclic) bond motifs is 3. The predicted octanol–water partition coefficient (Wildman–Crippen LogP) is -0.510. The molecule has 32 heavy (non-hydrogen) atoms. The normalized spacial score (nSPS) is 27.0. The van der Waals surface area contributed by atoms with Crippen molar-refractivity contribution >= 4 is 11.8 Å². The molecule has 3 aliphatic rings. The van der Waals surface area contributed by atoms with Crippen molar-refractivity contribution in [2.75, 3.05) is 52.5 Å². The van der Waals surface area contributed by atoms with E-state index in [-0.39, 0.29) is 25.0 Å². The highest BCUT2D eigenvalue weighted by atomic mass is 16.5. The number of benzene rings is 1. The van der Waals surface area contributed by atoms with Gasteiger partial charge in [-0.15, -0.1) is 0 Å². The Kier molecular flexibility index (Phi) is 7.10. The van der Waals surface area contributed by atoms with Gasteiger partial charge in [-0.1, -0.05) is 18.2 Å². The van der Waals surface area contributed by atoms with Crippen molar-refractivity contribution in [2.45, 2.75) is 31.1 Å². The minimum Gasteiger partial charge on any atom is -0.486 e. The summed E-state index contributed by atoms with van der Waals surface area (Å²) in [6.45, 7) is 5.42. The van der Waals surface area contributed by atoms with E-state index in [1.807, 2.05) is 24.3 Å². The number of hydrogen-bond acceptors (Lipinski definition) is 7. The van der Waals surface area contributed by atoms with Crippen LogP contribution in [0, 0.1) is 0 Å². The third kappa shape index (κ3) is 4.52.